The van der Waals surface area contributed by atoms with E-state index in [-0.39, 0.29) is 6.03 Å². The molecule has 2 amide bonds. The predicted octanol–water partition coefficient (Wildman–Crippen LogP) is 3.82. The molecule has 1 aromatic heterocycles. The lowest BCUT2D eigenvalue weighted by Gasteiger charge is -2.14. The number of nitrogens with one attached hydrogen (secondary N) is 3. The molecule has 6 heteroatoms. The fourth-order valence-electron chi connectivity index (χ4n) is 2.78. The number of carbonyl (C=O) groups is 1. The first-order valence-electron chi connectivity index (χ1n) is 7.95. The number of carbonyl (C=O) groups excluding carboxylic acids is 1. The summed E-state index contributed by atoms with van der Waals surface area (Å²) in [6, 6.07) is 11.2. The molecular weight excluding hydrogens is 318 g/mol. The minimum Gasteiger partial charge on any atom is -0.493 e. The maximum atomic E-state index is 12.3. The number of ether oxygens (including phenoxy) is 2. The van der Waals surface area contributed by atoms with Gasteiger partial charge in [0.2, 0.25) is 0 Å². The quantitative estimate of drug-likeness (QED) is 0.661. The molecule has 0 saturated heterocycles. The van der Waals surface area contributed by atoms with Crippen molar-refractivity contribution in [3.8, 4) is 11.5 Å². The number of hydrogen-bond acceptors (Lipinski definition) is 3. The van der Waals surface area contributed by atoms with Gasteiger partial charge in [-0.15, -0.1) is 0 Å². The molecule has 25 heavy (non-hydrogen) atoms. The zero-order valence-corrected chi connectivity index (χ0v) is 14.5. The van der Waals surface area contributed by atoms with Crippen molar-refractivity contribution in [2.24, 2.45) is 0 Å². The highest BCUT2D eigenvalue weighted by Gasteiger charge is 2.11. The molecule has 0 aliphatic carbocycles. The summed E-state index contributed by atoms with van der Waals surface area (Å²) in [5.74, 6) is 1.25. The molecule has 0 saturated carbocycles. The SMILES string of the molecule is COc1cccc(CNC(=O)Nc2cc3[nH]ccc3cc2C)c1OC. The lowest BCUT2D eigenvalue weighted by Crippen LogP contribution is -2.28. The van der Waals surface area contributed by atoms with Crippen LogP contribution in [0.4, 0.5) is 10.5 Å². The maximum absolute atomic E-state index is 12.3. The van der Waals surface area contributed by atoms with Crippen molar-refractivity contribution in [1.29, 1.82) is 0 Å². The summed E-state index contributed by atoms with van der Waals surface area (Å²) in [4.78, 5) is 15.4. The fourth-order valence-corrected chi connectivity index (χ4v) is 2.78. The number of para-hydroxylation sites is 1. The number of anilines is 1. The van der Waals surface area contributed by atoms with E-state index < -0.39 is 0 Å². The molecular formula is C19H21N3O3. The van der Waals surface area contributed by atoms with Crippen molar-refractivity contribution in [3.05, 3.63) is 53.7 Å². The lowest BCUT2D eigenvalue weighted by atomic mass is 10.1. The molecule has 0 atom stereocenters. The van der Waals surface area contributed by atoms with Crippen LogP contribution in [-0.4, -0.2) is 25.2 Å². The second-order valence-electron chi connectivity index (χ2n) is 5.69. The summed E-state index contributed by atoms with van der Waals surface area (Å²) >= 11 is 0. The van der Waals surface area contributed by atoms with Crippen LogP contribution in [0, 0.1) is 6.92 Å². The van der Waals surface area contributed by atoms with E-state index in [1.54, 1.807) is 14.2 Å². The minimum atomic E-state index is -0.279. The van der Waals surface area contributed by atoms with Crippen LogP contribution in [0.5, 0.6) is 11.5 Å². The van der Waals surface area contributed by atoms with Crippen molar-refractivity contribution >= 4 is 22.6 Å². The Morgan fingerprint density at radius 1 is 1.16 bits per heavy atom. The molecule has 0 aliphatic rings. The Morgan fingerprint density at radius 3 is 2.76 bits per heavy atom. The summed E-state index contributed by atoms with van der Waals surface area (Å²) in [6.45, 7) is 2.29. The Bertz CT molecular complexity index is 902. The molecule has 0 radical (unpaired) electrons. The van der Waals surface area contributed by atoms with Gasteiger partial charge in [-0.3, -0.25) is 0 Å². The average Bonchev–Trinajstić information content (AvgIpc) is 3.06. The second kappa shape index (κ2) is 7.17. The van der Waals surface area contributed by atoms with Gasteiger partial charge in [0.1, 0.15) is 0 Å². The molecule has 130 valence electrons. The van der Waals surface area contributed by atoms with Gasteiger partial charge in [-0.2, -0.15) is 0 Å². The molecule has 6 nitrogen and oxygen atoms in total. The monoisotopic (exact) mass is 339 g/mol. The highest BCUT2D eigenvalue weighted by atomic mass is 16.5. The highest BCUT2D eigenvalue weighted by molar-refractivity contribution is 5.94. The zero-order valence-electron chi connectivity index (χ0n) is 14.5. The van der Waals surface area contributed by atoms with Crippen LogP contribution < -0.4 is 20.1 Å². The third-order valence-electron chi connectivity index (χ3n) is 4.07. The van der Waals surface area contributed by atoms with Gasteiger partial charge in [-0.25, -0.2) is 4.79 Å². The van der Waals surface area contributed by atoms with Gasteiger partial charge < -0.3 is 25.1 Å². The number of aryl methyl sites for hydroxylation is 1. The highest BCUT2D eigenvalue weighted by Crippen LogP contribution is 2.30. The molecule has 0 spiro atoms. The van der Waals surface area contributed by atoms with Gasteiger partial charge in [0, 0.05) is 29.5 Å². The predicted molar refractivity (Wildman–Crippen MR) is 98.4 cm³/mol. The molecule has 0 aliphatic heterocycles. The smallest absolute Gasteiger partial charge is 0.319 e. The van der Waals surface area contributed by atoms with Crippen molar-refractivity contribution in [2.45, 2.75) is 13.5 Å². The number of rotatable bonds is 5. The molecule has 1 heterocycles. The molecule has 0 fully saturated rings. The summed E-state index contributed by atoms with van der Waals surface area (Å²) in [5.41, 5.74) is 3.59. The van der Waals surface area contributed by atoms with Gasteiger partial charge in [0.15, 0.2) is 11.5 Å². The number of H-pyrrole nitrogens is 1. The summed E-state index contributed by atoms with van der Waals surface area (Å²) in [6.07, 6.45) is 1.88. The van der Waals surface area contributed by atoms with E-state index in [2.05, 4.69) is 15.6 Å². The third kappa shape index (κ3) is 3.52. The number of methoxy groups -OCH3 is 2. The number of benzene rings is 2. The Hall–Kier alpha value is -3.15. The van der Waals surface area contributed by atoms with E-state index in [0.29, 0.717) is 18.0 Å². The number of amides is 2. The van der Waals surface area contributed by atoms with E-state index >= 15 is 0 Å². The number of urea groups is 1. The molecule has 2 aromatic carbocycles. The van der Waals surface area contributed by atoms with Gasteiger partial charge >= 0.3 is 6.03 Å². The summed E-state index contributed by atoms with van der Waals surface area (Å²) in [7, 11) is 3.16. The fraction of sp³-hybridized carbons (Fsp3) is 0.211. The number of aromatic amines is 1. The average molecular weight is 339 g/mol. The van der Waals surface area contributed by atoms with Crippen molar-refractivity contribution < 1.29 is 14.3 Å². The third-order valence-corrected chi connectivity index (χ3v) is 4.07. The Balaban J connectivity index is 1.69. The van der Waals surface area contributed by atoms with Crippen LogP contribution in [0.25, 0.3) is 10.9 Å². The molecule has 3 aromatic rings. The van der Waals surface area contributed by atoms with Crippen LogP contribution in [0.15, 0.2) is 42.6 Å². The number of hydrogen-bond donors (Lipinski definition) is 3. The maximum Gasteiger partial charge on any atom is 0.319 e. The first-order chi connectivity index (χ1) is 12.1. The largest absolute Gasteiger partial charge is 0.493 e. The minimum absolute atomic E-state index is 0.279. The van der Waals surface area contributed by atoms with Gasteiger partial charge in [-0.1, -0.05) is 12.1 Å². The first kappa shape index (κ1) is 16.7. The second-order valence-corrected chi connectivity index (χ2v) is 5.69. The Kier molecular flexibility index (Phi) is 4.79. The normalized spacial score (nSPS) is 10.5. The van der Waals surface area contributed by atoms with E-state index in [0.717, 1.165) is 27.7 Å². The Morgan fingerprint density at radius 2 is 2.00 bits per heavy atom. The van der Waals surface area contributed by atoms with Crippen molar-refractivity contribution in [1.82, 2.24) is 10.3 Å². The molecule has 0 unspecified atom stereocenters. The molecule has 3 N–H and O–H groups in total. The van der Waals surface area contributed by atoms with Crippen LogP contribution >= 0.6 is 0 Å². The topological polar surface area (TPSA) is 75.4 Å². The van der Waals surface area contributed by atoms with E-state index in [1.807, 2.05) is 49.5 Å². The summed E-state index contributed by atoms with van der Waals surface area (Å²) < 4.78 is 10.6. The van der Waals surface area contributed by atoms with Crippen LogP contribution in [0.2, 0.25) is 0 Å². The van der Waals surface area contributed by atoms with Crippen molar-refractivity contribution in [2.75, 3.05) is 19.5 Å². The summed E-state index contributed by atoms with van der Waals surface area (Å²) in [5, 5.41) is 6.85. The molecule has 0 bridgehead atoms. The van der Waals surface area contributed by atoms with Crippen LogP contribution in [0.1, 0.15) is 11.1 Å². The first-order valence-corrected chi connectivity index (χ1v) is 7.95. The van der Waals surface area contributed by atoms with Gasteiger partial charge in [-0.05, 0) is 42.1 Å². The number of fused-ring (bicyclic) bond motifs is 1. The Labute approximate surface area is 146 Å². The van der Waals surface area contributed by atoms with Gasteiger partial charge in [0.05, 0.1) is 14.2 Å². The standard InChI is InChI=1S/C19H21N3O3/c1-12-9-13-7-8-20-16(13)10-15(12)22-19(23)21-11-14-5-4-6-17(24-2)18(14)25-3/h4-10,20H,11H2,1-3H3,(H2,21,22,23). The van der Waals surface area contributed by atoms with Crippen LogP contribution in [-0.2, 0) is 6.54 Å². The lowest BCUT2D eigenvalue weighted by molar-refractivity contribution is 0.251. The van der Waals surface area contributed by atoms with Crippen LogP contribution in [0.3, 0.4) is 0 Å². The number of aromatic nitrogens is 1. The van der Waals surface area contributed by atoms with E-state index in [9.17, 15) is 4.79 Å². The van der Waals surface area contributed by atoms with E-state index in [1.165, 1.54) is 0 Å². The molecule has 3 rings (SSSR count). The van der Waals surface area contributed by atoms with E-state index in [4.69, 9.17) is 9.47 Å². The zero-order chi connectivity index (χ0) is 17.8. The van der Waals surface area contributed by atoms with Gasteiger partial charge in [0.25, 0.3) is 0 Å². The van der Waals surface area contributed by atoms with Crippen molar-refractivity contribution in [3.63, 3.8) is 0 Å².